The topological polar surface area (TPSA) is 62.1 Å². The van der Waals surface area contributed by atoms with E-state index in [2.05, 4.69) is 9.82 Å². The van der Waals surface area contributed by atoms with E-state index in [1.807, 2.05) is 55.5 Å². The molecule has 5 rings (SSSR count). The van der Waals surface area contributed by atoms with Crippen molar-refractivity contribution >= 4 is 22.3 Å². The minimum absolute atomic E-state index is 0.155. The first-order valence-corrected chi connectivity index (χ1v) is 13.5. The third-order valence-corrected chi connectivity index (χ3v) is 8.04. The van der Waals surface area contributed by atoms with Gasteiger partial charge in [-0.05, 0) is 67.8 Å². The fourth-order valence-corrected chi connectivity index (χ4v) is 6.22. The number of aromatic nitrogens is 2. The Hall–Kier alpha value is -2.87. The van der Waals surface area contributed by atoms with Gasteiger partial charge < -0.3 is 9.29 Å². The molecule has 1 fully saturated rings. The van der Waals surface area contributed by atoms with Crippen LogP contribution < -0.4 is 9.46 Å². The van der Waals surface area contributed by atoms with Crippen molar-refractivity contribution in [2.75, 3.05) is 5.75 Å². The van der Waals surface area contributed by atoms with Crippen LogP contribution in [0.1, 0.15) is 44.3 Å². The maximum absolute atomic E-state index is 13.3. The largest absolute Gasteiger partial charge is 0.598 e. The molecule has 0 bridgehead atoms. The lowest BCUT2D eigenvalue weighted by Crippen LogP contribution is -2.41. The number of ether oxygens (including phenoxy) is 1. The van der Waals surface area contributed by atoms with Crippen LogP contribution in [0.5, 0.6) is 5.75 Å². The van der Waals surface area contributed by atoms with Gasteiger partial charge in [-0.2, -0.15) is 5.10 Å². The molecule has 0 amide bonds. The van der Waals surface area contributed by atoms with Crippen LogP contribution in [-0.2, 0) is 11.4 Å². The highest BCUT2D eigenvalue weighted by atomic mass is 32.2. The number of fused-ring (bicyclic) bond motifs is 1. The van der Waals surface area contributed by atoms with Crippen molar-refractivity contribution in [3.63, 3.8) is 0 Å². The normalized spacial score (nSPS) is 16.9. The van der Waals surface area contributed by atoms with Crippen LogP contribution in [-0.4, -0.2) is 26.1 Å². The highest BCUT2D eigenvalue weighted by molar-refractivity contribution is 7.89. The Morgan fingerprint density at radius 3 is 2.57 bits per heavy atom. The molecule has 1 aromatic heterocycles. The van der Waals surface area contributed by atoms with E-state index in [-0.39, 0.29) is 18.0 Å². The van der Waals surface area contributed by atoms with Crippen LogP contribution in [0.2, 0.25) is 0 Å². The zero-order chi connectivity index (χ0) is 24.2. The first kappa shape index (κ1) is 23.9. The van der Waals surface area contributed by atoms with Gasteiger partial charge in [0.1, 0.15) is 23.4 Å². The zero-order valence-electron chi connectivity index (χ0n) is 19.8. The van der Waals surface area contributed by atoms with Gasteiger partial charge in [-0.15, -0.1) is 4.72 Å². The second-order valence-electron chi connectivity index (χ2n) is 9.27. The van der Waals surface area contributed by atoms with E-state index in [1.165, 1.54) is 37.8 Å². The number of nitrogens with zero attached hydrogens (tertiary/aromatic N) is 2. The molecule has 1 heterocycles. The summed E-state index contributed by atoms with van der Waals surface area (Å²) in [6.07, 6.45) is 6.30. The number of rotatable bonds is 9. The quantitative estimate of drug-likeness (QED) is 0.287. The van der Waals surface area contributed by atoms with E-state index >= 15 is 0 Å². The van der Waals surface area contributed by atoms with E-state index in [0.717, 1.165) is 22.2 Å². The maximum atomic E-state index is 13.3. The number of nitrogens with one attached hydrogen (secondary N) is 1. The summed E-state index contributed by atoms with van der Waals surface area (Å²) >= 11 is -1.10. The first-order valence-electron chi connectivity index (χ1n) is 12.2. The Labute approximate surface area is 208 Å². The van der Waals surface area contributed by atoms with E-state index in [4.69, 9.17) is 4.74 Å². The molecule has 1 aliphatic rings. The summed E-state index contributed by atoms with van der Waals surface area (Å²) in [6, 6.07) is 22.0. The monoisotopic (exact) mass is 491 g/mol. The number of hydrogen-bond donors (Lipinski definition) is 1. The van der Waals surface area contributed by atoms with E-state index < -0.39 is 11.4 Å². The molecule has 7 heteroatoms. The molecular formula is C28H30FN3O2S. The van der Waals surface area contributed by atoms with Crippen molar-refractivity contribution in [3.05, 3.63) is 90.4 Å². The molecule has 4 aromatic rings. The molecule has 3 aromatic carbocycles. The molecule has 182 valence electrons. The minimum Gasteiger partial charge on any atom is -0.598 e. The van der Waals surface area contributed by atoms with Gasteiger partial charge in [0.15, 0.2) is 0 Å². The fourth-order valence-electron chi connectivity index (χ4n) is 4.83. The third-order valence-electron chi connectivity index (χ3n) is 6.64. The molecule has 0 saturated heterocycles. The number of benzene rings is 3. The Bertz CT molecular complexity index is 1240. The fraction of sp³-hybridized carbons (Fsp3) is 0.321. The van der Waals surface area contributed by atoms with Crippen molar-refractivity contribution < 1.29 is 13.7 Å². The number of halogens is 1. The summed E-state index contributed by atoms with van der Waals surface area (Å²) in [4.78, 5) is 0. The molecule has 3 atom stereocenters. The first-order chi connectivity index (χ1) is 17.1. The van der Waals surface area contributed by atoms with E-state index in [0.29, 0.717) is 17.4 Å². The lowest BCUT2D eigenvalue weighted by atomic mass is 10.0. The molecule has 35 heavy (non-hydrogen) atoms. The highest BCUT2D eigenvalue weighted by Gasteiger charge is 2.28. The van der Waals surface area contributed by atoms with Crippen LogP contribution >= 0.6 is 0 Å². The predicted molar refractivity (Wildman–Crippen MR) is 138 cm³/mol. The highest BCUT2D eigenvalue weighted by Crippen LogP contribution is 2.30. The molecule has 5 nitrogen and oxygen atoms in total. The van der Waals surface area contributed by atoms with Crippen molar-refractivity contribution in [2.24, 2.45) is 5.92 Å². The van der Waals surface area contributed by atoms with Crippen LogP contribution in [0, 0.1) is 11.7 Å². The van der Waals surface area contributed by atoms with E-state index in [1.54, 1.807) is 23.0 Å². The summed E-state index contributed by atoms with van der Waals surface area (Å²) < 4.78 is 37.7. The summed E-state index contributed by atoms with van der Waals surface area (Å²) in [7, 11) is 0. The van der Waals surface area contributed by atoms with Crippen LogP contribution in [0.3, 0.4) is 0 Å². The number of hydrogen-bond acceptors (Lipinski definition) is 4. The molecule has 1 unspecified atom stereocenters. The van der Waals surface area contributed by atoms with Gasteiger partial charge >= 0.3 is 0 Å². The standard InChI is InChI=1S/C28H30FN3O2S/c1-20(31-35(33)19-21-7-5-6-8-21)28(22-9-3-2-4-10-22)34-26-15-16-27-23(17-26)18-30-32(27)25-13-11-24(29)12-14-25/h2-4,9-18,20-21,28,31H,5-8,19H2,1H3/t20-,28-,35?/m0/s1. The molecule has 1 N–H and O–H groups in total. The summed E-state index contributed by atoms with van der Waals surface area (Å²) in [5, 5.41) is 5.40. The van der Waals surface area contributed by atoms with Gasteiger partial charge in [-0.25, -0.2) is 9.07 Å². The van der Waals surface area contributed by atoms with Crippen LogP contribution in [0.15, 0.2) is 79.0 Å². The molecule has 1 saturated carbocycles. The average molecular weight is 492 g/mol. The predicted octanol–water partition coefficient (Wildman–Crippen LogP) is 6.12. The van der Waals surface area contributed by atoms with E-state index in [9.17, 15) is 8.94 Å². The third kappa shape index (κ3) is 5.69. The van der Waals surface area contributed by atoms with Crippen molar-refractivity contribution in [1.29, 1.82) is 0 Å². The Balaban J connectivity index is 1.35. The lowest BCUT2D eigenvalue weighted by molar-refractivity contribution is 0.173. The Morgan fingerprint density at radius 1 is 1.09 bits per heavy atom. The SMILES string of the molecule is C[C@H](N[S+]([O-])CC1CCCC1)[C@H](Oc1ccc2c(cnn2-c2ccc(F)cc2)c1)c1ccccc1. The average Bonchev–Trinajstić information content (AvgIpc) is 3.53. The van der Waals surface area contributed by atoms with Crippen molar-refractivity contribution in [1.82, 2.24) is 14.5 Å². The Kier molecular flexibility index (Phi) is 7.37. The summed E-state index contributed by atoms with van der Waals surface area (Å²) in [6.45, 7) is 2.02. The smallest absolute Gasteiger partial charge is 0.143 e. The summed E-state index contributed by atoms with van der Waals surface area (Å²) in [5.74, 6) is 1.67. The minimum atomic E-state index is -1.10. The molecule has 0 spiro atoms. The second kappa shape index (κ2) is 10.8. The molecular weight excluding hydrogens is 461 g/mol. The lowest BCUT2D eigenvalue weighted by Gasteiger charge is -2.27. The molecule has 0 radical (unpaired) electrons. The Morgan fingerprint density at radius 2 is 1.83 bits per heavy atom. The van der Waals surface area contributed by atoms with Gasteiger partial charge in [0, 0.05) is 22.7 Å². The molecule has 0 aliphatic heterocycles. The van der Waals surface area contributed by atoms with Gasteiger partial charge in [-0.1, -0.05) is 43.2 Å². The van der Waals surface area contributed by atoms with Gasteiger partial charge in [0.2, 0.25) is 0 Å². The molecule has 1 aliphatic carbocycles. The van der Waals surface area contributed by atoms with Crippen molar-refractivity contribution in [2.45, 2.75) is 44.8 Å². The summed E-state index contributed by atoms with van der Waals surface area (Å²) in [5.41, 5.74) is 2.72. The van der Waals surface area contributed by atoms with Gasteiger partial charge in [0.25, 0.3) is 0 Å². The van der Waals surface area contributed by atoms with Crippen molar-refractivity contribution in [3.8, 4) is 11.4 Å². The van der Waals surface area contributed by atoms with Gasteiger partial charge in [-0.3, -0.25) is 0 Å². The maximum Gasteiger partial charge on any atom is 0.143 e. The van der Waals surface area contributed by atoms with Crippen LogP contribution in [0.25, 0.3) is 16.6 Å². The zero-order valence-corrected chi connectivity index (χ0v) is 20.6. The van der Waals surface area contributed by atoms with Crippen LogP contribution in [0.4, 0.5) is 4.39 Å². The second-order valence-corrected chi connectivity index (χ2v) is 10.5. The van der Waals surface area contributed by atoms with Gasteiger partial charge in [0.05, 0.1) is 23.4 Å².